The molecule has 0 aliphatic carbocycles. The molecule has 2 heterocycles. The van der Waals surface area contributed by atoms with Crippen molar-refractivity contribution in [3.8, 4) is 16.9 Å². The summed E-state index contributed by atoms with van der Waals surface area (Å²) < 4.78 is 7.17. The normalized spacial score (nSPS) is 16.6. The highest BCUT2D eigenvalue weighted by molar-refractivity contribution is 5.94. The van der Waals surface area contributed by atoms with Gasteiger partial charge in [0.05, 0.1) is 11.6 Å². The number of nitrogens with zero attached hydrogens (tertiary/aromatic N) is 3. The average molecular weight is 489 g/mol. The number of anilines is 1. The van der Waals surface area contributed by atoms with Crippen LogP contribution in [0, 0.1) is 5.92 Å². The summed E-state index contributed by atoms with van der Waals surface area (Å²) in [7, 11) is 0. The minimum absolute atomic E-state index is 0.0184. The first-order valence-corrected chi connectivity index (χ1v) is 12.2. The Kier molecular flexibility index (Phi) is 7.24. The van der Waals surface area contributed by atoms with Crippen LogP contribution in [0.1, 0.15) is 40.5 Å². The summed E-state index contributed by atoms with van der Waals surface area (Å²) in [6.07, 6.45) is 2.37. The van der Waals surface area contributed by atoms with Crippen LogP contribution in [-0.4, -0.2) is 50.4 Å². The highest BCUT2D eigenvalue weighted by Crippen LogP contribution is 2.33. The van der Waals surface area contributed by atoms with Gasteiger partial charge in [-0.15, -0.1) is 0 Å². The van der Waals surface area contributed by atoms with E-state index in [-0.39, 0.29) is 36.8 Å². The summed E-state index contributed by atoms with van der Waals surface area (Å²) in [6, 6.07) is 19.1. The average Bonchev–Trinajstić information content (AvgIpc) is 3.37. The molecular weight excluding hydrogens is 456 g/mol. The number of hydrogen-bond acceptors (Lipinski definition) is 5. The van der Waals surface area contributed by atoms with Crippen molar-refractivity contribution >= 4 is 23.7 Å². The van der Waals surface area contributed by atoms with Gasteiger partial charge in [0.15, 0.2) is 0 Å². The molecular formula is C28H32N4O4. The van der Waals surface area contributed by atoms with Crippen LogP contribution < -0.4 is 5.32 Å². The van der Waals surface area contributed by atoms with Crippen molar-refractivity contribution < 1.29 is 19.1 Å². The van der Waals surface area contributed by atoms with Crippen LogP contribution in [0.25, 0.3) is 16.9 Å². The number of esters is 1. The van der Waals surface area contributed by atoms with Crippen molar-refractivity contribution in [3.63, 3.8) is 0 Å². The molecule has 8 heteroatoms. The number of hydrogen-bond donors (Lipinski definition) is 1. The third-order valence-electron chi connectivity index (χ3n) is 6.19. The number of aromatic nitrogens is 2. The lowest BCUT2D eigenvalue weighted by Crippen LogP contribution is -2.43. The van der Waals surface area contributed by atoms with Crippen LogP contribution in [0.2, 0.25) is 0 Å². The molecule has 4 rings (SSSR count). The number of nitrogens with one attached hydrogen (secondary N) is 1. The number of benzene rings is 2. The third kappa shape index (κ3) is 5.82. The molecule has 188 valence electrons. The zero-order chi connectivity index (χ0) is 25.9. The summed E-state index contributed by atoms with van der Waals surface area (Å²) >= 11 is 0. The van der Waals surface area contributed by atoms with E-state index in [1.165, 1.54) is 4.90 Å². The maximum atomic E-state index is 13.1. The molecule has 0 bridgehead atoms. The van der Waals surface area contributed by atoms with E-state index in [1.807, 2.05) is 99.1 Å². The van der Waals surface area contributed by atoms with Crippen molar-refractivity contribution in [1.82, 2.24) is 14.5 Å². The molecule has 1 aliphatic rings. The topological polar surface area (TPSA) is 93.5 Å². The van der Waals surface area contributed by atoms with Crippen LogP contribution in [0.5, 0.6) is 0 Å². The predicted molar refractivity (Wildman–Crippen MR) is 137 cm³/mol. The molecule has 1 aromatic heterocycles. The first kappa shape index (κ1) is 25.2. The molecule has 1 unspecified atom stereocenters. The minimum atomic E-state index is -0.576. The molecule has 1 saturated heterocycles. The molecule has 1 aliphatic heterocycles. The van der Waals surface area contributed by atoms with Gasteiger partial charge in [0.1, 0.15) is 12.1 Å². The van der Waals surface area contributed by atoms with Crippen molar-refractivity contribution in [2.24, 2.45) is 5.92 Å². The van der Waals surface area contributed by atoms with Gasteiger partial charge in [0.2, 0.25) is 17.8 Å². The molecule has 3 aromatic rings. The number of cyclic esters (lactones) is 1. The number of imidazole rings is 1. The monoisotopic (exact) mass is 488 g/mol. The van der Waals surface area contributed by atoms with E-state index in [1.54, 1.807) is 0 Å². The highest BCUT2D eigenvalue weighted by Gasteiger charge is 2.41. The number of carbonyl (C=O) groups is 3. The van der Waals surface area contributed by atoms with Crippen molar-refractivity contribution in [1.29, 1.82) is 0 Å². The Balaban J connectivity index is 1.52. The third-order valence-corrected chi connectivity index (χ3v) is 6.19. The van der Waals surface area contributed by atoms with Gasteiger partial charge >= 0.3 is 5.97 Å². The van der Waals surface area contributed by atoms with E-state index in [0.717, 1.165) is 11.3 Å². The van der Waals surface area contributed by atoms with E-state index >= 15 is 0 Å². The maximum absolute atomic E-state index is 13.1. The molecule has 0 saturated carbocycles. The largest absolute Gasteiger partial charge is 0.459 e. The van der Waals surface area contributed by atoms with Crippen LogP contribution in [0.15, 0.2) is 66.9 Å². The van der Waals surface area contributed by atoms with Crippen LogP contribution in [0.3, 0.4) is 0 Å². The molecule has 8 nitrogen and oxygen atoms in total. The molecule has 0 spiro atoms. The minimum Gasteiger partial charge on any atom is -0.459 e. The number of para-hydroxylation sites is 1. The molecule has 1 atom stereocenters. The molecule has 1 fully saturated rings. The Bertz CT molecular complexity index is 1230. The zero-order valence-corrected chi connectivity index (χ0v) is 21.1. The van der Waals surface area contributed by atoms with Crippen molar-refractivity contribution in [3.05, 3.63) is 66.9 Å². The van der Waals surface area contributed by atoms with Gasteiger partial charge in [0.25, 0.3) is 0 Å². The smallest absolute Gasteiger partial charge is 0.310 e. The van der Waals surface area contributed by atoms with E-state index in [2.05, 4.69) is 10.3 Å². The number of rotatable bonds is 8. The van der Waals surface area contributed by atoms with Gasteiger partial charge in [-0.05, 0) is 39.8 Å². The lowest BCUT2D eigenvalue weighted by atomic mass is 9.94. The van der Waals surface area contributed by atoms with E-state index < -0.39 is 11.5 Å². The fourth-order valence-corrected chi connectivity index (χ4v) is 4.44. The number of amides is 2. The predicted octanol–water partition coefficient (Wildman–Crippen LogP) is 4.45. The van der Waals surface area contributed by atoms with Crippen LogP contribution >= 0.6 is 0 Å². The fraction of sp³-hybridized carbons (Fsp3) is 0.357. The molecule has 36 heavy (non-hydrogen) atoms. The Morgan fingerprint density at radius 3 is 2.33 bits per heavy atom. The Morgan fingerprint density at radius 2 is 1.75 bits per heavy atom. The van der Waals surface area contributed by atoms with Crippen molar-refractivity contribution in [2.45, 2.75) is 52.2 Å². The zero-order valence-electron chi connectivity index (χ0n) is 21.1. The quantitative estimate of drug-likeness (QED) is 0.473. The van der Waals surface area contributed by atoms with Gasteiger partial charge in [0, 0.05) is 36.3 Å². The summed E-state index contributed by atoms with van der Waals surface area (Å²) in [6.45, 7) is 7.22. The molecule has 2 amide bonds. The lowest BCUT2D eigenvalue weighted by molar-refractivity contribution is -0.150. The van der Waals surface area contributed by atoms with Gasteiger partial charge in [-0.3, -0.25) is 24.3 Å². The van der Waals surface area contributed by atoms with Gasteiger partial charge < -0.3 is 9.64 Å². The van der Waals surface area contributed by atoms with E-state index in [0.29, 0.717) is 18.1 Å². The van der Waals surface area contributed by atoms with E-state index in [4.69, 9.17) is 4.74 Å². The standard InChI is InChI=1S/C28H32N4O4/c1-19(2)31(25(34)15-21-16-28(3,4)36-26(21)35)18-24(33)30-27-29-23(20-11-7-5-8-12-20)17-32(27)22-13-9-6-10-14-22/h5-14,17,19,21H,15-16,18H2,1-4H3,(H,29,30,33). The molecule has 1 N–H and O–H groups in total. The first-order valence-electron chi connectivity index (χ1n) is 12.2. The summed E-state index contributed by atoms with van der Waals surface area (Å²) in [5.74, 6) is -1.12. The second-order valence-electron chi connectivity index (χ2n) is 9.97. The lowest BCUT2D eigenvalue weighted by Gasteiger charge is -2.27. The number of carbonyl (C=O) groups excluding carboxylic acids is 3. The summed E-state index contributed by atoms with van der Waals surface area (Å²) in [4.78, 5) is 44.5. The van der Waals surface area contributed by atoms with Gasteiger partial charge in [-0.2, -0.15) is 0 Å². The maximum Gasteiger partial charge on any atom is 0.310 e. The van der Waals surface area contributed by atoms with E-state index in [9.17, 15) is 14.4 Å². The Labute approximate surface area is 211 Å². The molecule has 2 aromatic carbocycles. The van der Waals surface area contributed by atoms with Gasteiger partial charge in [-0.25, -0.2) is 4.98 Å². The second-order valence-corrected chi connectivity index (χ2v) is 9.97. The SMILES string of the molecule is CC(C)N(CC(=O)Nc1nc(-c2ccccc2)cn1-c1ccccc1)C(=O)CC1CC(C)(C)OC1=O. The second kappa shape index (κ2) is 10.4. The van der Waals surface area contributed by atoms with Gasteiger partial charge in [-0.1, -0.05) is 48.5 Å². The first-order chi connectivity index (χ1) is 17.1. The highest BCUT2D eigenvalue weighted by atomic mass is 16.6. The fourth-order valence-electron chi connectivity index (χ4n) is 4.44. The molecule has 0 radical (unpaired) electrons. The van der Waals surface area contributed by atoms with Crippen molar-refractivity contribution in [2.75, 3.05) is 11.9 Å². The number of ether oxygens (including phenoxy) is 1. The Hall–Kier alpha value is -3.94. The summed E-state index contributed by atoms with van der Waals surface area (Å²) in [5, 5.41) is 2.88. The van der Waals surface area contributed by atoms with Crippen LogP contribution in [-0.2, 0) is 19.1 Å². The Morgan fingerprint density at radius 1 is 1.11 bits per heavy atom. The summed E-state index contributed by atoms with van der Waals surface area (Å²) in [5.41, 5.74) is 1.91. The van der Waals surface area contributed by atoms with Crippen LogP contribution in [0.4, 0.5) is 5.95 Å².